The molecule has 2 aromatic carbocycles. The summed E-state index contributed by atoms with van der Waals surface area (Å²) >= 11 is 0. The predicted octanol–water partition coefficient (Wildman–Crippen LogP) is 0.546. The van der Waals surface area contributed by atoms with Crippen molar-refractivity contribution >= 4 is 6.21 Å². The molecule has 4 nitrogen and oxygen atoms in total. The number of hydrogen-bond donors (Lipinski definition) is 4. The fourth-order valence-corrected chi connectivity index (χ4v) is 1.70. The Morgan fingerprint density at radius 3 is 2.32 bits per heavy atom. The Labute approximate surface area is 111 Å². The van der Waals surface area contributed by atoms with E-state index in [0.717, 1.165) is 24.1 Å². The van der Waals surface area contributed by atoms with E-state index in [0.29, 0.717) is 0 Å². The van der Waals surface area contributed by atoms with Crippen LogP contribution in [0.4, 0.5) is 0 Å². The molecule has 0 spiro atoms. The Morgan fingerprint density at radius 1 is 0.895 bits per heavy atom. The van der Waals surface area contributed by atoms with Gasteiger partial charge in [-0.15, -0.1) is 0 Å². The van der Waals surface area contributed by atoms with E-state index >= 15 is 0 Å². The lowest BCUT2D eigenvalue weighted by atomic mass is 10.1. The minimum atomic E-state index is -0.130. The van der Waals surface area contributed by atoms with Crippen LogP contribution in [0.3, 0.4) is 0 Å². The first-order chi connectivity index (χ1) is 9.15. The lowest BCUT2D eigenvalue weighted by Crippen LogP contribution is -2.69. The quantitative estimate of drug-likeness (QED) is 0.478. The van der Waals surface area contributed by atoms with E-state index in [-0.39, 0.29) is 17.2 Å². The van der Waals surface area contributed by atoms with Crippen LogP contribution in [0.25, 0.3) is 0 Å². The van der Waals surface area contributed by atoms with E-state index in [2.05, 4.69) is 4.99 Å². The molecular weight excluding hydrogens is 242 g/mol. The lowest BCUT2D eigenvalue weighted by Gasteiger charge is -1.97. The number of phenolic OH excluding ortho intramolecular Hbond substituents is 3. The van der Waals surface area contributed by atoms with E-state index in [1.807, 2.05) is 12.1 Å². The van der Waals surface area contributed by atoms with E-state index in [9.17, 15) is 10.2 Å². The molecule has 4 N–H and O–H groups in total. The molecule has 0 amide bonds. The predicted molar refractivity (Wildman–Crippen MR) is 72.6 cm³/mol. The number of nitrogens with one attached hydrogen (secondary N) is 1. The van der Waals surface area contributed by atoms with Crippen LogP contribution < -0.4 is 4.99 Å². The molecule has 2 aromatic rings. The summed E-state index contributed by atoms with van der Waals surface area (Å²) in [6.45, 7) is 0.742. The average Bonchev–Trinajstić information content (AvgIpc) is 2.41. The third-order valence-corrected chi connectivity index (χ3v) is 2.76. The van der Waals surface area contributed by atoms with Gasteiger partial charge in [0.15, 0.2) is 17.7 Å². The smallest absolute Gasteiger partial charge is 0.169 e. The van der Waals surface area contributed by atoms with Crippen LogP contribution in [0.5, 0.6) is 17.2 Å². The van der Waals surface area contributed by atoms with Gasteiger partial charge in [0.2, 0.25) is 0 Å². The molecule has 0 aliphatic carbocycles. The minimum Gasteiger partial charge on any atom is -0.508 e. The van der Waals surface area contributed by atoms with Gasteiger partial charge in [-0.3, -0.25) is 0 Å². The summed E-state index contributed by atoms with van der Waals surface area (Å²) < 4.78 is 0. The topological polar surface area (TPSA) is 74.7 Å². The third kappa shape index (κ3) is 3.74. The maximum Gasteiger partial charge on any atom is 0.169 e. The van der Waals surface area contributed by atoms with Crippen molar-refractivity contribution in [2.75, 3.05) is 6.54 Å². The molecule has 0 saturated carbocycles. The van der Waals surface area contributed by atoms with Crippen LogP contribution in [0.1, 0.15) is 11.1 Å². The van der Waals surface area contributed by atoms with Gasteiger partial charge >= 0.3 is 0 Å². The molecule has 0 atom stereocenters. The third-order valence-electron chi connectivity index (χ3n) is 2.76. The van der Waals surface area contributed by atoms with Crippen LogP contribution in [0, 0.1) is 0 Å². The van der Waals surface area contributed by atoms with Gasteiger partial charge in [-0.1, -0.05) is 12.1 Å². The summed E-state index contributed by atoms with van der Waals surface area (Å²) in [5, 5.41) is 27.7. The van der Waals surface area contributed by atoms with Gasteiger partial charge in [0.25, 0.3) is 0 Å². The molecule has 0 unspecified atom stereocenters. The molecule has 2 rings (SSSR count). The van der Waals surface area contributed by atoms with Crippen molar-refractivity contribution in [2.24, 2.45) is 0 Å². The van der Waals surface area contributed by atoms with Crippen molar-refractivity contribution in [1.82, 2.24) is 0 Å². The molecule has 0 aliphatic heterocycles. The van der Waals surface area contributed by atoms with Crippen LogP contribution in [0.15, 0.2) is 42.5 Å². The molecule has 0 aromatic heterocycles. The number of aromatic hydroxyl groups is 3. The molecule has 0 fully saturated rings. The molecule has 0 bridgehead atoms. The van der Waals surface area contributed by atoms with Crippen molar-refractivity contribution in [1.29, 1.82) is 0 Å². The Morgan fingerprint density at radius 2 is 1.63 bits per heavy atom. The Balaban J connectivity index is 1.89. The number of benzene rings is 2. The van der Waals surface area contributed by atoms with Crippen LogP contribution in [-0.2, 0) is 6.42 Å². The summed E-state index contributed by atoms with van der Waals surface area (Å²) in [6, 6.07) is 11.7. The summed E-state index contributed by atoms with van der Waals surface area (Å²) in [4.78, 5) is 3.13. The Bertz CT molecular complexity index is 576. The number of phenols is 3. The second-order valence-corrected chi connectivity index (χ2v) is 4.26. The summed E-state index contributed by atoms with van der Waals surface area (Å²) in [5.41, 5.74) is 1.92. The zero-order valence-electron chi connectivity index (χ0n) is 10.4. The Hall–Kier alpha value is -2.49. The van der Waals surface area contributed by atoms with Crippen molar-refractivity contribution in [2.45, 2.75) is 6.42 Å². The lowest BCUT2D eigenvalue weighted by molar-refractivity contribution is -0.450. The van der Waals surface area contributed by atoms with Crippen LogP contribution in [0.2, 0.25) is 0 Å². The van der Waals surface area contributed by atoms with Gasteiger partial charge in [-0.05, 0) is 35.9 Å². The van der Waals surface area contributed by atoms with Gasteiger partial charge in [-0.2, -0.15) is 0 Å². The molecule has 0 aliphatic rings. The largest absolute Gasteiger partial charge is 0.508 e. The fraction of sp³-hybridized carbons (Fsp3) is 0.133. The SMILES string of the molecule is Oc1ccc(CC[NH+]=Cc2ccc(O)c(O)c2)cc1. The second-order valence-electron chi connectivity index (χ2n) is 4.26. The maximum absolute atomic E-state index is 9.34. The second kappa shape index (κ2) is 5.91. The molecule has 0 radical (unpaired) electrons. The normalized spacial score (nSPS) is 10.9. The van der Waals surface area contributed by atoms with Crippen molar-refractivity contribution in [3.05, 3.63) is 53.6 Å². The monoisotopic (exact) mass is 258 g/mol. The summed E-state index contributed by atoms with van der Waals surface area (Å²) in [6.07, 6.45) is 2.61. The fourth-order valence-electron chi connectivity index (χ4n) is 1.70. The van der Waals surface area contributed by atoms with Crippen LogP contribution >= 0.6 is 0 Å². The van der Waals surface area contributed by atoms with Gasteiger partial charge in [-0.25, -0.2) is 4.99 Å². The molecule has 4 heteroatoms. The summed E-state index contributed by atoms with van der Waals surface area (Å²) in [7, 11) is 0. The van der Waals surface area contributed by atoms with E-state index in [4.69, 9.17) is 5.11 Å². The molecular formula is C15H16NO3+. The highest BCUT2D eigenvalue weighted by Gasteiger charge is 2.00. The van der Waals surface area contributed by atoms with Crippen molar-refractivity contribution < 1.29 is 20.3 Å². The van der Waals surface area contributed by atoms with E-state index in [1.54, 1.807) is 24.4 Å². The first-order valence-corrected chi connectivity index (χ1v) is 6.01. The van der Waals surface area contributed by atoms with Gasteiger partial charge < -0.3 is 15.3 Å². The van der Waals surface area contributed by atoms with E-state index < -0.39 is 0 Å². The van der Waals surface area contributed by atoms with E-state index in [1.165, 1.54) is 12.1 Å². The standard InChI is InChI=1S/C15H15NO3/c17-13-4-1-11(2-5-13)7-8-16-10-12-3-6-14(18)15(19)9-12/h1-6,9-10,17-19H,7-8H2/p+1. The average molecular weight is 258 g/mol. The zero-order chi connectivity index (χ0) is 13.7. The molecule has 0 saturated heterocycles. The van der Waals surface area contributed by atoms with Crippen molar-refractivity contribution in [3.63, 3.8) is 0 Å². The Kier molecular flexibility index (Phi) is 4.03. The first-order valence-electron chi connectivity index (χ1n) is 6.01. The number of rotatable bonds is 4. The highest BCUT2D eigenvalue weighted by atomic mass is 16.3. The van der Waals surface area contributed by atoms with Crippen LogP contribution in [-0.4, -0.2) is 28.1 Å². The molecule has 0 heterocycles. The zero-order valence-corrected chi connectivity index (χ0v) is 10.4. The molecule has 98 valence electrons. The first kappa shape index (κ1) is 13.0. The maximum atomic E-state index is 9.34. The van der Waals surface area contributed by atoms with Gasteiger partial charge in [0.1, 0.15) is 12.3 Å². The van der Waals surface area contributed by atoms with Crippen molar-refractivity contribution in [3.8, 4) is 17.2 Å². The van der Waals surface area contributed by atoms with Gasteiger partial charge in [0, 0.05) is 12.0 Å². The highest BCUT2D eigenvalue weighted by molar-refractivity contribution is 5.76. The highest BCUT2D eigenvalue weighted by Crippen LogP contribution is 2.23. The minimum absolute atomic E-state index is 0.124. The summed E-state index contributed by atoms with van der Waals surface area (Å²) in [5.74, 6) is 0.0122. The van der Waals surface area contributed by atoms with Gasteiger partial charge in [0.05, 0.1) is 0 Å². The number of hydrogen-bond acceptors (Lipinski definition) is 3. The molecule has 19 heavy (non-hydrogen) atoms.